The van der Waals surface area contributed by atoms with Gasteiger partial charge in [-0.1, -0.05) is 11.6 Å². The Balaban J connectivity index is 2.65. The van der Waals surface area contributed by atoms with Gasteiger partial charge >= 0.3 is 0 Å². The zero-order valence-corrected chi connectivity index (χ0v) is 9.93. The molecule has 16 heavy (non-hydrogen) atoms. The van der Waals surface area contributed by atoms with Crippen LogP contribution in [0.15, 0.2) is 18.2 Å². The summed E-state index contributed by atoms with van der Waals surface area (Å²) in [6.45, 7) is 0.580. The van der Waals surface area contributed by atoms with Crippen molar-refractivity contribution in [3.05, 3.63) is 34.6 Å². The van der Waals surface area contributed by atoms with Crippen LogP contribution < -0.4 is 11.3 Å². The number of hydrogen-bond acceptors (Lipinski definition) is 3. The van der Waals surface area contributed by atoms with Crippen molar-refractivity contribution in [2.24, 2.45) is 5.84 Å². The van der Waals surface area contributed by atoms with Crippen LogP contribution in [0.4, 0.5) is 4.39 Å². The first-order chi connectivity index (χ1) is 7.67. The van der Waals surface area contributed by atoms with Crippen molar-refractivity contribution in [3.63, 3.8) is 0 Å². The van der Waals surface area contributed by atoms with Gasteiger partial charge in [0, 0.05) is 24.8 Å². The molecule has 5 heteroatoms. The third-order valence-electron chi connectivity index (χ3n) is 2.38. The van der Waals surface area contributed by atoms with Gasteiger partial charge < -0.3 is 4.74 Å². The molecular weight excluding hydrogens is 231 g/mol. The molecule has 0 aliphatic heterocycles. The van der Waals surface area contributed by atoms with Gasteiger partial charge in [-0.3, -0.25) is 11.3 Å². The van der Waals surface area contributed by atoms with E-state index in [9.17, 15) is 4.39 Å². The number of rotatable bonds is 6. The fourth-order valence-electron chi connectivity index (χ4n) is 1.47. The SMILES string of the molecule is COCCC(Cc1cc(Cl)ccc1F)NN. The Hall–Kier alpha value is -0.680. The van der Waals surface area contributed by atoms with Crippen molar-refractivity contribution in [2.75, 3.05) is 13.7 Å². The van der Waals surface area contributed by atoms with Gasteiger partial charge in [-0.05, 0) is 36.6 Å². The first-order valence-electron chi connectivity index (χ1n) is 5.06. The highest BCUT2D eigenvalue weighted by Gasteiger charge is 2.11. The Bertz CT molecular complexity index is 336. The monoisotopic (exact) mass is 246 g/mol. The highest BCUT2D eigenvalue weighted by molar-refractivity contribution is 6.30. The van der Waals surface area contributed by atoms with Gasteiger partial charge in [0.25, 0.3) is 0 Å². The molecule has 0 saturated carbocycles. The third kappa shape index (κ3) is 4.06. The van der Waals surface area contributed by atoms with Crippen molar-refractivity contribution < 1.29 is 9.13 Å². The second kappa shape index (κ2) is 6.81. The Labute approximate surface area is 99.7 Å². The van der Waals surface area contributed by atoms with E-state index < -0.39 is 0 Å². The smallest absolute Gasteiger partial charge is 0.126 e. The number of hydrazine groups is 1. The molecule has 0 fully saturated rings. The Morgan fingerprint density at radius 1 is 1.56 bits per heavy atom. The highest BCUT2D eigenvalue weighted by atomic mass is 35.5. The molecule has 3 nitrogen and oxygen atoms in total. The Morgan fingerprint density at radius 3 is 2.94 bits per heavy atom. The van der Waals surface area contributed by atoms with Crippen molar-refractivity contribution >= 4 is 11.6 Å². The zero-order valence-electron chi connectivity index (χ0n) is 9.17. The molecule has 1 aromatic rings. The molecule has 0 aromatic heterocycles. The van der Waals surface area contributed by atoms with E-state index in [0.29, 0.717) is 23.6 Å². The highest BCUT2D eigenvalue weighted by Crippen LogP contribution is 2.17. The topological polar surface area (TPSA) is 47.3 Å². The maximum Gasteiger partial charge on any atom is 0.126 e. The largest absolute Gasteiger partial charge is 0.385 e. The minimum atomic E-state index is -0.262. The van der Waals surface area contributed by atoms with Gasteiger partial charge in [-0.25, -0.2) is 4.39 Å². The van der Waals surface area contributed by atoms with E-state index in [1.807, 2.05) is 0 Å². The number of hydrogen-bond donors (Lipinski definition) is 2. The van der Waals surface area contributed by atoms with Crippen LogP contribution in [0.25, 0.3) is 0 Å². The molecule has 1 atom stereocenters. The van der Waals surface area contributed by atoms with Crippen LogP contribution >= 0.6 is 11.6 Å². The Morgan fingerprint density at radius 2 is 2.31 bits per heavy atom. The summed E-state index contributed by atoms with van der Waals surface area (Å²) in [7, 11) is 1.62. The minimum Gasteiger partial charge on any atom is -0.385 e. The normalized spacial score (nSPS) is 12.8. The first kappa shape index (κ1) is 13.4. The average Bonchev–Trinajstić information content (AvgIpc) is 2.28. The summed E-state index contributed by atoms with van der Waals surface area (Å²) in [5.41, 5.74) is 3.20. The van der Waals surface area contributed by atoms with Gasteiger partial charge in [0.2, 0.25) is 0 Å². The van der Waals surface area contributed by atoms with Crippen molar-refractivity contribution in [3.8, 4) is 0 Å². The molecule has 0 heterocycles. The maximum atomic E-state index is 13.4. The lowest BCUT2D eigenvalue weighted by atomic mass is 10.0. The molecule has 0 aliphatic carbocycles. The van der Waals surface area contributed by atoms with Crippen molar-refractivity contribution in [2.45, 2.75) is 18.9 Å². The number of methoxy groups -OCH3 is 1. The summed E-state index contributed by atoms with van der Waals surface area (Å²) >= 11 is 5.80. The number of benzene rings is 1. The zero-order chi connectivity index (χ0) is 12.0. The van der Waals surface area contributed by atoms with Crippen LogP contribution in [-0.4, -0.2) is 19.8 Å². The summed E-state index contributed by atoms with van der Waals surface area (Å²) in [6.07, 6.45) is 1.21. The number of nitrogens with one attached hydrogen (secondary N) is 1. The molecule has 1 rings (SSSR count). The van der Waals surface area contributed by atoms with E-state index in [1.54, 1.807) is 13.2 Å². The summed E-state index contributed by atoms with van der Waals surface area (Å²) in [4.78, 5) is 0. The predicted octanol–water partition coefficient (Wildman–Crippen LogP) is 1.89. The van der Waals surface area contributed by atoms with Crippen LogP contribution in [0, 0.1) is 5.82 Å². The molecule has 0 amide bonds. The lowest BCUT2D eigenvalue weighted by Crippen LogP contribution is -2.37. The molecule has 0 aliphatic rings. The maximum absolute atomic E-state index is 13.4. The van der Waals surface area contributed by atoms with Crippen molar-refractivity contribution in [1.82, 2.24) is 5.43 Å². The quantitative estimate of drug-likeness (QED) is 0.595. The summed E-state index contributed by atoms with van der Waals surface area (Å²) in [6, 6.07) is 4.49. The molecule has 1 unspecified atom stereocenters. The van der Waals surface area contributed by atoms with E-state index in [0.717, 1.165) is 6.42 Å². The molecule has 0 spiro atoms. The van der Waals surface area contributed by atoms with Crippen LogP contribution in [0.5, 0.6) is 0 Å². The van der Waals surface area contributed by atoms with E-state index in [2.05, 4.69) is 5.43 Å². The van der Waals surface area contributed by atoms with Gasteiger partial charge in [0.05, 0.1) is 0 Å². The Kier molecular flexibility index (Phi) is 5.69. The molecule has 0 bridgehead atoms. The van der Waals surface area contributed by atoms with Gasteiger partial charge in [0.15, 0.2) is 0 Å². The molecule has 1 aromatic carbocycles. The predicted molar refractivity (Wildman–Crippen MR) is 62.7 cm³/mol. The lowest BCUT2D eigenvalue weighted by Gasteiger charge is -2.15. The van der Waals surface area contributed by atoms with Crippen LogP contribution in [0.1, 0.15) is 12.0 Å². The van der Waals surface area contributed by atoms with E-state index in [1.165, 1.54) is 12.1 Å². The molecule has 90 valence electrons. The minimum absolute atomic E-state index is 0.0204. The second-order valence-electron chi connectivity index (χ2n) is 3.58. The molecule has 0 saturated heterocycles. The fourth-order valence-corrected chi connectivity index (χ4v) is 1.66. The average molecular weight is 247 g/mol. The van der Waals surface area contributed by atoms with E-state index >= 15 is 0 Å². The van der Waals surface area contributed by atoms with Gasteiger partial charge in [-0.15, -0.1) is 0 Å². The summed E-state index contributed by atoms with van der Waals surface area (Å²) < 4.78 is 18.4. The molecule has 3 N–H and O–H groups in total. The number of halogens is 2. The van der Waals surface area contributed by atoms with Crippen LogP contribution in [0.2, 0.25) is 5.02 Å². The van der Waals surface area contributed by atoms with Crippen LogP contribution in [-0.2, 0) is 11.2 Å². The summed E-state index contributed by atoms with van der Waals surface area (Å²) in [5.74, 6) is 5.13. The van der Waals surface area contributed by atoms with Crippen molar-refractivity contribution in [1.29, 1.82) is 0 Å². The lowest BCUT2D eigenvalue weighted by molar-refractivity contribution is 0.182. The first-order valence-corrected chi connectivity index (χ1v) is 5.44. The summed E-state index contributed by atoms with van der Waals surface area (Å²) in [5, 5.41) is 0.527. The van der Waals surface area contributed by atoms with Crippen LogP contribution in [0.3, 0.4) is 0 Å². The second-order valence-corrected chi connectivity index (χ2v) is 4.02. The van der Waals surface area contributed by atoms with Gasteiger partial charge in [0.1, 0.15) is 5.82 Å². The fraction of sp³-hybridized carbons (Fsp3) is 0.455. The van der Waals surface area contributed by atoms with Gasteiger partial charge in [-0.2, -0.15) is 0 Å². The third-order valence-corrected chi connectivity index (χ3v) is 2.62. The van der Waals surface area contributed by atoms with E-state index in [-0.39, 0.29) is 11.9 Å². The molecule has 0 radical (unpaired) electrons. The standard InChI is InChI=1S/C11H16ClFN2O/c1-16-5-4-10(15-14)7-8-6-9(12)2-3-11(8)13/h2-3,6,10,15H,4-5,7,14H2,1H3. The van der Waals surface area contributed by atoms with E-state index in [4.69, 9.17) is 22.2 Å². The number of nitrogens with two attached hydrogens (primary N) is 1. The molecular formula is C11H16ClFN2O. The number of ether oxygens (including phenoxy) is 1.